The lowest BCUT2D eigenvalue weighted by atomic mass is 10.1. The summed E-state index contributed by atoms with van der Waals surface area (Å²) in [6.07, 6.45) is 0. The van der Waals surface area contributed by atoms with Crippen molar-refractivity contribution >= 4 is 21.6 Å². The molecule has 1 amide bonds. The fraction of sp³-hybridized carbons (Fsp3) is 0.174. The molecule has 11 heteroatoms. The van der Waals surface area contributed by atoms with Crippen LogP contribution < -0.4 is 10.1 Å². The summed E-state index contributed by atoms with van der Waals surface area (Å²) in [7, 11) is -3.96. The van der Waals surface area contributed by atoms with Gasteiger partial charge in [-0.1, -0.05) is 32.0 Å². The van der Waals surface area contributed by atoms with Crippen LogP contribution in [0.1, 0.15) is 24.2 Å². The second-order valence-electron chi connectivity index (χ2n) is 6.96. The molecule has 0 saturated heterocycles. The van der Waals surface area contributed by atoms with Crippen LogP contribution in [0, 0.1) is 23.3 Å². The third-order valence-electron chi connectivity index (χ3n) is 4.86. The van der Waals surface area contributed by atoms with Gasteiger partial charge >= 0.3 is 0 Å². The molecule has 0 radical (unpaired) electrons. The SMILES string of the molecule is CCN(CC)S(=O)(=O)c1ccc(Oc2ccccc2)c(NC(=O)c2cc(F)c(F)c(F)c2F)c1. The maximum absolute atomic E-state index is 14.1. The minimum atomic E-state index is -3.96. The van der Waals surface area contributed by atoms with Crippen molar-refractivity contribution in [3.05, 3.63) is 83.4 Å². The average Bonchev–Trinajstić information content (AvgIpc) is 2.82. The molecular weight excluding hydrogens is 476 g/mol. The Kier molecular flexibility index (Phi) is 7.57. The highest BCUT2D eigenvalue weighted by atomic mass is 32.2. The number of carbonyl (C=O) groups is 1. The summed E-state index contributed by atoms with van der Waals surface area (Å²) < 4.78 is 87.4. The molecule has 0 aliphatic rings. The van der Waals surface area contributed by atoms with Crippen LogP contribution in [0.2, 0.25) is 0 Å². The largest absolute Gasteiger partial charge is 0.455 e. The van der Waals surface area contributed by atoms with Crippen molar-refractivity contribution in [2.45, 2.75) is 18.7 Å². The van der Waals surface area contributed by atoms with Crippen molar-refractivity contribution in [1.82, 2.24) is 4.31 Å². The van der Waals surface area contributed by atoms with E-state index in [0.717, 1.165) is 6.07 Å². The third kappa shape index (κ3) is 5.05. The van der Waals surface area contributed by atoms with E-state index in [1.165, 1.54) is 16.4 Å². The van der Waals surface area contributed by atoms with E-state index in [-0.39, 0.29) is 35.5 Å². The summed E-state index contributed by atoms with van der Waals surface area (Å²) in [5.74, 6) is -8.90. The zero-order chi connectivity index (χ0) is 25.0. The summed E-state index contributed by atoms with van der Waals surface area (Å²) in [5.41, 5.74) is -1.33. The third-order valence-corrected chi connectivity index (χ3v) is 6.91. The number of ether oxygens (including phenoxy) is 1. The van der Waals surface area contributed by atoms with E-state index >= 15 is 0 Å². The van der Waals surface area contributed by atoms with Crippen molar-refractivity contribution < 1.29 is 35.5 Å². The summed E-state index contributed by atoms with van der Waals surface area (Å²) >= 11 is 0. The molecule has 3 rings (SSSR count). The van der Waals surface area contributed by atoms with Gasteiger partial charge in [-0.2, -0.15) is 4.31 Å². The van der Waals surface area contributed by atoms with Gasteiger partial charge in [-0.3, -0.25) is 4.79 Å². The molecule has 3 aromatic rings. The van der Waals surface area contributed by atoms with E-state index in [9.17, 15) is 30.8 Å². The Morgan fingerprint density at radius 3 is 2.18 bits per heavy atom. The van der Waals surface area contributed by atoms with Crippen LogP contribution in [-0.4, -0.2) is 31.7 Å². The van der Waals surface area contributed by atoms with Gasteiger partial charge in [-0.15, -0.1) is 0 Å². The quantitative estimate of drug-likeness (QED) is 0.260. The first kappa shape index (κ1) is 25.2. The Labute approximate surface area is 193 Å². The number of benzene rings is 3. The number of anilines is 1. The molecule has 0 aromatic heterocycles. The van der Waals surface area contributed by atoms with Gasteiger partial charge in [0, 0.05) is 13.1 Å². The zero-order valence-corrected chi connectivity index (χ0v) is 18.9. The lowest BCUT2D eigenvalue weighted by molar-refractivity contribution is 0.102. The Bertz CT molecular complexity index is 1310. The van der Waals surface area contributed by atoms with E-state index in [2.05, 4.69) is 5.32 Å². The first-order chi connectivity index (χ1) is 16.1. The number of sulfonamides is 1. The van der Waals surface area contributed by atoms with E-state index in [0.29, 0.717) is 5.75 Å². The highest BCUT2D eigenvalue weighted by Crippen LogP contribution is 2.33. The molecule has 0 spiro atoms. The van der Waals surface area contributed by atoms with Crippen molar-refractivity contribution in [1.29, 1.82) is 0 Å². The molecule has 0 fully saturated rings. The minimum absolute atomic E-state index is 0.0264. The summed E-state index contributed by atoms with van der Waals surface area (Å²) in [6, 6.07) is 12.1. The Balaban J connectivity index is 2.08. The summed E-state index contributed by atoms with van der Waals surface area (Å²) in [5, 5.41) is 2.21. The number of amides is 1. The molecule has 0 saturated carbocycles. The number of nitrogens with one attached hydrogen (secondary N) is 1. The monoisotopic (exact) mass is 496 g/mol. The lowest BCUT2D eigenvalue weighted by Gasteiger charge is -2.20. The van der Waals surface area contributed by atoms with Gasteiger partial charge in [0.1, 0.15) is 5.75 Å². The second-order valence-corrected chi connectivity index (χ2v) is 8.90. The number of para-hydroxylation sites is 1. The van der Waals surface area contributed by atoms with Gasteiger partial charge in [-0.05, 0) is 36.4 Å². The summed E-state index contributed by atoms with van der Waals surface area (Å²) in [4.78, 5) is 12.4. The smallest absolute Gasteiger partial charge is 0.258 e. The first-order valence-electron chi connectivity index (χ1n) is 10.1. The maximum atomic E-state index is 14.1. The lowest BCUT2D eigenvalue weighted by Crippen LogP contribution is -2.30. The minimum Gasteiger partial charge on any atom is -0.455 e. The number of nitrogens with zero attached hydrogens (tertiary/aromatic N) is 1. The van der Waals surface area contributed by atoms with Gasteiger partial charge in [0.05, 0.1) is 16.1 Å². The molecule has 3 aromatic carbocycles. The van der Waals surface area contributed by atoms with Crippen molar-refractivity contribution in [2.75, 3.05) is 18.4 Å². The average molecular weight is 496 g/mol. The summed E-state index contributed by atoms with van der Waals surface area (Å²) in [6.45, 7) is 3.67. The molecule has 0 bridgehead atoms. The van der Waals surface area contributed by atoms with E-state index in [4.69, 9.17) is 4.74 Å². The van der Waals surface area contributed by atoms with E-state index < -0.39 is 44.8 Å². The fourth-order valence-electron chi connectivity index (χ4n) is 3.11. The van der Waals surface area contributed by atoms with Gasteiger partial charge in [0.25, 0.3) is 5.91 Å². The van der Waals surface area contributed by atoms with E-state index in [1.807, 2.05) is 0 Å². The topological polar surface area (TPSA) is 75.7 Å². The highest BCUT2D eigenvalue weighted by molar-refractivity contribution is 7.89. The molecule has 6 nitrogen and oxygen atoms in total. The molecule has 0 heterocycles. The number of halogens is 4. The molecule has 34 heavy (non-hydrogen) atoms. The van der Waals surface area contributed by atoms with Gasteiger partial charge in [-0.25, -0.2) is 26.0 Å². The number of hydrogen-bond acceptors (Lipinski definition) is 4. The highest BCUT2D eigenvalue weighted by Gasteiger charge is 2.26. The van der Waals surface area contributed by atoms with Crippen LogP contribution in [0.5, 0.6) is 11.5 Å². The number of rotatable bonds is 8. The predicted octanol–water partition coefficient (Wildman–Crippen LogP) is 5.32. The molecule has 1 N–H and O–H groups in total. The predicted molar refractivity (Wildman–Crippen MR) is 117 cm³/mol. The number of hydrogen-bond donors (Lipinski definition) is 1. The van der Waals surface area contributed by atoms with Crippen LogP contribution >= 0.6 is 0 Å². The molecule has 180 valence electrons. The van der Waals surface area contributed by atoms with Crippen LogP contribution in [-0.2, 0) is 10.0 Å². The molecule has 0 unspecified atom stereocenters. The molecule has 0 aliphatic carbocycles. The second kappa shape index (κ2) is 10.2. The van der Waals surface area contributed by atoms with Gasteiger partial charge < -0.3 is 10.1 Å². The maximum Gasteiger partial charge on any atom is 0.258 e. The Morgan fingerprint density at radius 1 is 0.912 bits per heavy atom. The molecular formula is C23H20F4N2O4S. The van der Waals surface area contributed by atoms with Gasteiger partial charge in [0.2, 0.25) is 10.0 Å². The van der Waals surface area contributed by atoms with Crippen molar-refractivity contribution in [3.63, 3.8) is 0 Å². The first-order valence-corrected chi connectivity index (χ1v) is 11.6. The Hall–Kier alpha value is -3.44. The Morgan fingerprint density at radius 2 is 1.56 bits per heavy atom. The normalized spacial score (nSPS) is 11.5. The van der Waals surface area contributed by atoms with Gasteiger partial charge in [0.15, 0.2) is 29.0 Å². The molecule has 0 aliphatic heterocycles. The van der Waals surface area contributed by atoms with Crippen LogP contribution in [0.3, 0.4) is 0 Å². The van der Waals surface area contributed by atoms with Crippen LogP contribution in [0.4, 0.5) is 23.2 Å². The molecule has 0 atom stereocenters. The fourth-order valence-corrected chi connectivity index (χ4v) is 4.60. The zero-order valence-electron chi connectivity index (χ0n) is 18.1. The van der Waals surface area contributed by atoms with Crippen molar-refractivity contribution in [3.8, 4) is 11.5 Å². The number of carbonyl (C=O) groups excluding carboxylic acids is 1. The van der Waals surface area contributed by atoms with E-state index in [1.54, 1.807) is 44.2 Å². The van der Waals surface area contributed by atoms with Crippen LogP contribution in [0.15, 0.2) is 59.5 Å². The van der Waals surface area contributed by atoms with Crippen molar-refractivity contribution in [2.24, 2.45) is 0 Å². The standard InChI is InChI=1S/C23H20F4N2O4S/c1-3-29(4-2)34(31,32)15-10-11-19(33-14-8-6-5-7-9-14)18(12-15)28-23(30)16-13-17(24)21(26)22(27)20(16)25/h5-13H,3-4H2,1-2H3,(H,28,30). The van der Waals surface area contributed by atoms with Crippen LogP contribution in [0.25, 0.3) is 0 Å².